The van der Waals surface area contributed by atoms with Gasteiger partial charge in [-0.2, -0.15) is 10.2 Å². The molecule has 268 valence electrons. The number of aliphatic hydroxyl groups excluding tert-OH is 1. The van der Waals surface area contributed by atoms with E-state index in [0.717, 1.165) is 42.6 Å². The number of hydrogen-bond donors (Lipinski definition) is 1. The monoisotopic (exact) mass is 664 g/mol. The zero-order valence-corrected chi connectivity index (χ0v) is 30.1. The number of azo groups is 1. The predicted molar refractivity (Wildman–Crippen MR) is 196 cm³/mol. The predicted octanol–water partition coefficient (Wildman–Crippen LogP) is 11.5. The van der Waals surface area contributed by atoms with E-state index in [1.165, 1.54) is 95.5 Å². The standard InChI is InChI=1S/C41H64N2O5/c1-3-5-7-8-9-10-11-12-13-14-15-16-17-18-19-23-40(45)47-34-39(33-44)48-41(46)24-20-22-36-27-31-38(32-28-36)43-42-37-29-25-35(26-30-37)21-6-4-2/h25-32,39,44H,3-24,33-34H2,1-2H3/b43-42+/t39-/m0/s1. The Labute approximate surface area is 291 Å². The third-order valence-electron chi connectivity index (χ3n) is 8.74. The molecule has 0 aliphatic rings. The lowest BCUT2D eigenvalue weighted by molar-refractivity contribution is -0.161. The summed E-state index contributed by atoms with van der Waals surface area (Å²) in [4.78, 5) is 24.5. The SMILES string of the molecule is CCCCCCCCCCCCCCCCCC(=O)OC[C@H](CO)OC(=O)CCCc1ccc(/N=N/c2ccc(CCCC)cc2)cc1. The second-order valence-corrected chi connectivity index (χ2v) is 13.2. The van der Waals surface area contributed by atoms with Gasteiger partial charge in [-0.25, -0.2) is 0 Å². The van der Waals surface area contributed by atoms with Crippen LogP contribution in [0.5, 0.6) is 0 Å². The van der Waals surface area contributed by atoms with Gasteiger partial charge in [0.05, 0.1) is 18.0 Å². The first kappa shape index (κ1) is 41.1. The maximum atomic E-state index is 12.3. The summed E-state index contributed by atoms with van der Waals surface area (Å²) in [5, 5.41) is 18.3. The molecule has 2 aromatic carbocycles. The highest BCUT2D eigenvalue weighted by atomic mass is 16.6. The lowest BCUT2D eigenvalue weighted by Gasteiger charge is -2.15. The molecule has 0 bridgehead atoms. The van der Waals surface area contributed by atoms with Crippen LogP contribution < -0.4 is 0 Å². The number of carbonyl (C=O) groups excluding carboxylic acids is 2. The first-order chi connectivity index (χ1) is 23.5. The third-order valence-corrected chi connectivity index (χ3v) is 8.74. The molecule has 0 radical (unpaired) electrons. The molecule has 2 rings (SSSR count). The number of rotatable bonds is 29. The van der Waals surface area contributed by atoms with Gasteiger partial charge in [-0.15, -0.1) is 0 Å². The van der Waals surface area contributed by atoms with Crippen molar-refractivity contribution in [2.75, 3.05) is 13.2 Å². The molecule has 48 heavy (non-hydrogen) atoms. The fraction of sp³-hybridized carbons (Fsp3) is 0.659. The number of hydrogen-bond acceptors (Lipinski definition) is 7. The number of unbranched alkanes of at least 4 members (excludes halogenated alkanes) is 15. The van der Waals surface area contributed by atoms with E-state index in [0.29, 0.717) is 19.3 Å². The molecule has 0 aromatic heterocycles. The van der Waals surface area contributed by atoms with Crippen molar-refractivity contribution in [1.29, 1.82) is 0 Å². The Hall–Kier alpha value is -3.06. The molecule has 0 amide bonds. The molecule has 0 aliphatic carbocycles. The van der Waals surface area contributed by atoms with Crippen LogP contribution in [0.25, 0.3) is 0 Å². The molecule has 0 heterocycles. The fourth-order valence-electron chi connectivity index (χ4n) is 5.66. The average Bonchev–Trinajstić information content (AvgIpc) is 3.10. The minimum atomic E-state index is -0.834. The number of nitrogens with zero attached hydrogens (tertiary/aromatic N) is 2. The Kier molecular flexibility index (Phi) is 23.9. The Balaban J connectivity index is 1.48. The van der Waals surface area contributed by atoms with Crippen LogP contribution in [0.1, 0.15) is 153 Å². The molecule has 0 fully saturated rings. The molecule has 2 aromatic rings. The van der Waals surface area contributed by atoms with Crippen LogP contribution in [-0.4, -0.2) is 36.4 Å². The van der Waals surface area contributed by atoms with Gasteiger partial charge in [0, 0.05) is 12.8 Å². The molecular formula is C41H64N2O5. The van der Waals surface area contributed by atoms with E-state index in [-0.39, 0.29) is 25.6 Å². The second-order valence-electron chi connectivity index (χ2n) is 13.2. The Morgan fingerprint density at radius 1 is 0.562 bits per heavy atom. The van der Waals surface area contributed by atoms with Gasteiger partial charge in [0.1, 0.15) is 6.61 Å². The summed E-state index contributed by atoms with van der Waals surface area (Å²) < 4.78 is 10.6. The molecule has 0 saturated heterocycles. The first-order valence-corrected chi connectivity index (χ1v) is 19.1. The molecular weight excluding hydrogens is 600 g/mol. The minimum Gasteiger partial charge on any atom is -0.462 e. The van der Waals surface area contributed by atoms with Crippen LogP contribution in [0.4, 0.5) is 11.4 Å². The van der Waals surface area contributed by atoms with E-state index in [9.17, 15) is 14.7 Å². The van der Waals surface area contributed by atoms with Crippen LogP contribution in [0, 0.1) is 0 Å². The Morgan fingerprint density at radius 2 is 0.979 bits per heavy atom. The number of esters is 2. The van der Waals surface area contributed by atoms with E-state index in [2.05, 4.69) is 36.2 Å². The van der Waals surface area contributed by atoms with Gasteiger partial charge < -0.3 is 14.6 Å². The van der Waals surface area contributed by atoms with Gasteiger partial charge in [0.25, 0.3) is 0 Å². The Morgan fingerprint density at radius 3 is 1.44 bits per heavy atom. The third kappa shape index (κ3) is 21.0. The zero-order chi connectivity index (χ0) is 34.5. The van der Waals surface area contributed by atoms with Gasteiger partial charge in [0.15, 0.2) is 6.10 Å². The van der Waals surface area contributed by atoms with Crippen molar-refractivity contribution >= 4 is 23.3 Å². The molecule has 7 nitrogen and oxygen atoms in total. The quantitative estimate of drug-likeness (QED) is 0.0530. The summed E-state index contributed by atoms with van der Waals surface area (Å²) in [6.45, 7) is 3.97. The smallest absolute Gasteiger partial charge is 0.306 e. The van der Waals surface area contributed by atoms with Crippen LogP contribution in [-0.2, 0) is 31.9 Å². The van der Waals surface area contributed by atoms with Crippen molar-refractivity contribution in [1.82, 2.24) is 0 Å². The van der Waals surface area contributed by atoms with E-state index in [4.69, 9.17) is 9.47 Å². The van der Waals surface area contributed by atoms with Crippen molar-refractivity contribution < 1.29 is 24.2 Å². The van der Waals surface area contributed by atoms with Gasteiger partial charge >= 0.3 is 11.9 Å². The highest BCUT2D eigenvalue weighted by Gasteiger charge is 2.16. The molecule has 1 atom stereocenters. The maximum absolute atomic E-state index is 12.3. The molecule has 0 unspecified atom stereocenters. The van der Waals surface area contributed by atoms with E-state index < -0.39 is 12.1 Å². The van der Waals surface area contributed by atoms with Crippen molar-refractivity contribution in [3.05, 3.63) is 59.7 Å². The average molecular weight is 665 g/mol. The number of ether oxygens (including phenoxy) is 2. The number of aliphatic hydroxyl groups is 1. The molecule has 0 spiro atoms. The van der Waals surface area contributed by atoms with E-state index in [1.807, 2.05) is 36.4 Å². The maximum Gasteiger partial charge on any atom is 0.306 e. The summed E-state index contributed by atoms with van der Waals surface area (Å²) in [5.74, 6) is -0.707. The summed E-state index contributed by atoms with van der Waals surface area (Å²) in [7, 11) is 0. The fourth-order valence-corrected chi connectivity index (χ4v) is 5.66. The van der Waals surface area contributed by atoms with Crippen molar-refractivity contribution in [3.8, 4) is 0 Å². The zero-order valence-electron chi connectivity index (χ0n) is 30.1. The van der Waals surface area contributed by atoms with E-state index >= 15 is 0 Å². The van der Waals surface area contributed by atoms with Gasteiger partial charge in [-0.1, -0.05) is 134 Å². The summed E-state index contributed by atoms with van der Waals surface area (Å²) >= 11 is 0. The van der Waals surface area contributed by atoms with Crippen LogP contribution in [0.2, 0.25) is 0 Å². The highest BCUT2D eigenvalue weighted by molar-refractivity contribution is 5.70. The van der Waals surface area contributed by atoms with Crippen molar-refractivity contribution in [2.45, 2.75) is 161 Å². The van der Waals surface area contributed by atoms with Crippen molar-refractivity contribution in [3.63, 3.8) is 0 Å². The van der Waals surface area contributed by atoms with Gasteiger partial charge in [-0.05, 0) is 67.5 Å². The lowest BCUT2D eigenvalue weighted by Crippen LogP contribution is -2.28. The lowest BCUT2D eigenvalue weighted by atomic mass is 10.0. The van der Waals surface area contributed by atoms with Crippen molar-refractivity contribution in [2.24, 2.45) is 10.2 Å². The van der Waals surface area contributed by atoms with E-state index in [1.54, 1.807) is 0 Å². The summed E-state index contributed by atoms with van der Waals surface area (Å²) in [6, 6.07) is 16.0. The molecule has 7 heteroatoms. The second kappa shape index (κ2) is 27.8. The van der Waals surface area contributed by atoms with Crippen LogP contribution in [0.3, 0.4) is 0 Å². The molecule has 1 N–H and O–H groups in total. The highest BCUT2D eigenvalue weighted by Crippen LogP contribution is 2.21. The largest absolute Gasteiger partial charge is 0.462 e. The molecule has 0 saturated carbocycles. The van der Waals surface area contributed by atoms with Gasteiger partial charge in [0.2, 0.25) is 0 Å². The topological polar surface area (TPSA) is 97.6 Å². The number of benzene rings is 2. The summed E-state index contributed by atoms with van der Waals surface area (Å²) in [6.07, 6.45) is 23.7. The van der Waals surface area contributed by atoms with Crippen LogP contribution in [0.15, 0.2) is 58.8 Å². The number of carbonyl (C=O) groups is 2. The minimum absolute atomic E-state index is 0.112. The first-order valence-electron chi connectivity index (χ1n) is 19.1. The molecule has 0 aliphatic heterocycles. The summed E-state index contributed by atoms with van der Waals surface area (Å²) in [5.41, 5.74) is 4.01. The normalized spacial score (nSPS) is 12.0. The van der Waals surface area contributed by atoms with Gasteiger partial charge in [-0.3, -0.25) is 9.59 Å². The number of aryl methyl sites for hydroxylation is 2. The Bertz CT molecular complexity index is 1120. The van der Waals surface area contributed by atoms with Crippen LogP contribution >= 0.6 is 0 Å².